The monoisotopic (exact) mass is 321 g/mol. The molecule has 1 fully saturated rings. The number of ether oxygens (including phenoxy) is 2. The van der Waals surface area contributed by atoms with Crippen LogP contribution in [0.1, 0.15) is 24.2 Å². The minimum Gasteiger partial charge on any atom is -0.493 e. The summed E-state index contributed by atoms with van der Waals surface area (Å²) in [4.78, 5) is 26.0. The Balaban J connectivity index is 2.41. The number of carbonyl (C=O) groups is 2. The second kappa shape index (κ2) is 7.32. The SMILES string of the molecule is COc1cc(C(=O)N2CCNCC2C)cc(NC(C)=O)c1OC. The Labute approximate surface area is 135 Å². The lowest BCUT2D eigenvalue weighted by Crippen LogP contribution is -2.52. The molecule has 0 bridgehead atoms. The summed E-state index contributed by atoms with van der Waals surface area (Å²) in [7, 11) is 2.99. The standard InChI is InChI=1S/C16H23N3O4/c1-10-9-17-5-6-19(10)16(21)12-7-13(18-11(2)20)15(23-4)14(8-12)22-3/h7-8,10,17H,5-6,9H2,1-4H3,(H,18,20). The Bertz CT molecular complexity index is 603. The third-order valence-electron chi connectivity index (χ3n) is 3.80. The van der Waals surface area contributed by atoms with Crippen molar-refractivity contribution in [2.75, 3.05) is 39.2 Å². The molecule has 2 N–H and O–H groups in total. The number of nitrogens with one attached hydrogen (secondary N) is 2. The van der Waals surface area contributed by atoms with Crippen molar-refractivity contribution in [1.29, 1.82) is 0 Å². The fourth-order valence-electron chi connectivity index (χ4n) is 2.68. The van der Waals surface area contributed by atoms with Crippen molar-refractivity contribution >= 4 is 17.5 Å². The second-order valence-corrected chi connectivity index (χ2v) is 5.49. The minimum absolute atomic E-state index is 0.0912. The number of hydrogen-bond donors (Lipinski definition) is 2. The summed E-state index contributed by atoms with van der Waals surface area (Å²) in [5.74, 6) is 0.467. The van der Waals surface area contributed by atoms with Crippen molar-refractivity contribution in [1.82, 2.24) is 10.2 Å². The zero-order valence-corrected chi connectivity index (χ0v) is 13.9. The van der Waals surface area contributed by atoms with Gasteiger partial charge < -0.3 is 25.0 Å². The van der Waals surface area contributed by atoms with Crippen LogP contribution in [0.15, 0.2) is 12.1 Å². The molecule has 0 aliphatic carbocycles. The molecule has 126 valence electrons. The van der Waals surface area contributed by atoms with Gasteiger partial charge in [-0.05, 0) is 19.1 Å². The summed E-state index contributed by atoms with van der Waals surface area (Å²) in [5.41, 5.74) is 0.880. The van der Waals surface area contributed by atoms with E-state index in [1.807, 2.05) is 11.8 Å². The Hall–Kier alpha value is -2.28. The third kappa shape index (κ3) is 3.73. The van der Waals surface area contributed by atoms with Crippen molar-refractivity contribution < 1.29 is 19.1 Å². The van der Waals surface area contributed by atoms with Gasteiger partial charge in [0.2, 0.25) is 5.91 Å². The second-order valence-electron chi connectivity index (χ2n) is 5.49. The van der Waals surface area contributed by atoms with Gasteiger partial charge in [-0.2, -0.15) is 0 Å². The van der Waals surface area contributed by atoms with E-state index in [1.54, 1.807) is 12.1 Å². The summed E-state index contributed by atoms with van der Waals surface area (Å²) in [5, 5.41) is 5.93. The normalized spacial score (nSPS) is 17.6. The van der Waals surface area contributed by atoms with Crippen LogP contribution in [-0.4, -0.2) is 56.6 Å². The Kier molecular flexibility index (Phi) is 5.44. The van der Waals surface area contributed by atoms with Crippen LogP contribution in [0.25, 0.3) is 0 Å². The summed E-state index contributed by atoms with van der Waals surface area (Å²) in [6, 6.07) is 3.37. The molecule has 1 atom stereocenters. The van der Waals surface area contributed by atoms with E-state index in [-0.39, 0.29) is 17.9 Å². The maximum absolute atomic E-state index is 12.8. The van der Waals surface area contributed by atoms with Crippen molar-refractivity contribution in [2.24, 2.45) is 0 Å². The minimum atomic E-state index is -0.245. The molecule has 0 aromatic heterocycles. The fourth-order valence-corrected chi connectivity index (χ4v) is 2.68. The topological polar surface area (TPSA) is 79.9 Å². The van der Waals surface area contributed by atoms with Gasteiger partial charge in [0.25, 0.3) is 5.91 Å². The van der Waals surface area contributed by atoms with Gasteiger partial charge >= 0.3 is 0 Å². The van der Waals surface area contributed by atoms with Gasteiger partial charge in [0, 0.05) is 38.2 Å². The van der Waals surface area contributed by atoms with Crippen LogP contribution in [0.5, 0.6) is 11.5 Å². The van der Waals surface area contributed by atoms with Crippen molar-refractivity contribution in [3.63, 3.8) is 0 Å². The van der Waals surface area contributed by atoms with Gasteiger partial charge in [-0.25, -0.2) is 0 Å². The molecule has 1 unspecified atom stereocenters. The number of anilines is 1. The van der Waals surface area contributed by atoms with Gasteiger partial charge in [-0.3, -0.25) is 9.59 Å². The quantitative estimate of drug-likeness (QED) is 0.868. The van der Waals surface area contributed by atoms with Gasteiger partial charge in [-0.15, -0.1) is 0 Å². The van der Waals surface area contributed by atoms with Crippen LogP contribution in [0.3, 0.4) is 0 Å². The maximum Gasteiger partial charge on any atom is 0.254 e. The molecule has 1 aliphatic heterocycles. The molecule has 0 spiro atoms. The lowest BCUT2D eigenvalue weighted by molar-refractivity contribution is -0.114. The van der Waals surface area contributed by atoms with Crippen LogP contribution in [0.2, 0.25) is 0 Å². The van der Waals surface area contributed by atoms with Crippen molar-refractivity contribution in [3.8, 4) is 11.5 Å². The van der Waals surface area contributed by atoms with E-state index >= 15 is 0 Å². The Morgan fingerprint density at radius 2 is 2.04 bits per heavy atom. The van der Waals surface area contributed by atoms with E-state index in [1.165, 1.54) is 21.1 Å². The predicted octanol–water partition coefficient (Wildman–Crippen LogP) is 1.10. The zero-order valence-electron chi connectivity index (χ0n) is 13.9. The molecule has 1 heterocycles. The highest BCUT2D eigenvalue weighted by Crippen LogP contribution is 2.37. The smallest absolute Gasteiger partial charge is 0.254 e. The largest absolute Gasteiger partial charge is 0.493 e. The van der Waals surface area contributed by atoms with E-state index in [0.717, 1.165) is 13.1 Å². The maximum atomic E-state index is 12.8. The van der Waals surface area contributed by atoms with E-state index < -0.39 is 0 Å². The summed E-state index contributed by atoms with van der Waals surface area (Å²) < 4.78 is 10.6. The summed E-state index contributed by atoms with van der Waals surface area (Å²) >= 11 is 0. The molecule has 2 amide bonds. The van der Waals surface area contributed by atoms with Gasteiger partial charge in [0.1, 0.15) is 0 Å². The predicted molar refractivity (Wildman–Crippen MR) is 87.2 cm³/mol. The third-order valence-corrected chi connectivity index (χ3v) is 3.80. The van der Waals surface area contributed by atoms with Crippen molar-refractivity contribution in [3.05, 3.63) is 17.7 Å². The highest BCUT2D eigenvalue weighted by molar-refractivity contribution is 5.99. The molecule has 7 heteroatoms. The Morgan fingerprint density at radius 3 is 2.61 bits per heavy atom. The number of hydrogen-bond acceptors (Lipinski definition) is 5. The average Bonchev–Trinajstić information content (AvgIpc) is 2.53. The molecule has 23 heavy (non-hydrogen) atoms. The Morgan fingerprint density at radius 1 is 1.30 bits per heavy atom. The first-order valence-corrected chi connectivity index (χ1v) is 7.53. The highest BCUT2D eigenvalue weighted by Gasteiger charge is 2.26. The molecular formula is C16H23N3O4. The number of piperazine rings is 1. The number of amides is 2. The molecule has 0 saturated carbocycles. The number of rotatable bonds is 4. The molecule has 0 radical (unpaired) electrons. The molecular weight excluding hydrogens is 298 g/mol. The first-order chi connectivity index (χ1) is 11.0. The lowest BCUT2D eigenvalue weighted by Gasteiger charge is -2.34. The molecule has 2 rings (SSSR count). The lowest BCUT2D eigenvalue weighted by atomic mass is 10.1. The highest BCUT2D eigenvalue weighted by atomic mass is 16.5. The molecule has 1 aromatic rings. The van der Waals surface area contributed by atoms with E-state index in [2.05, 4.69) is 10.6 Å². The van der Waals surface area contributed by atoms with E-state index in [4.69, 9.17) is 9.47 Å². The van der Waals surface area contributed by atoms with Crippen LogP contribution in [-0.2, 0) is 4.79 Å². The van der Waals surface area contributed by atoms with Gasteiger partial charge in [0.15, 0.2) is 11.5 Å². The van der Waals surface area contributed by atoms with Crippen molar-refractivity contribution in [2.45, 2.75) is 19.9 Å². The molecule has 7 nitrogen and oxygen atoms in total. The van der Waals surface area contributed by atoms with Crippen LogP contribution >= 0.6 is 0 Å². The number of benzene rings is 1. The fraction of sp³-hybridized carbons (Fsp3) is 0.500. The zero-order chi connectivity index (χ0) is 17.0. The number of carbonyl (C=O) groups excluding carboxylic acids is 2. The summed E-state index contributed by atoms with van der Waals surface area (Å²) in [6.45, 7) is 5.57. The average molecular weight is 321 g/mol. The molecule has 1 aliphatic rings. The van der Waals surface area contributed by atoms with Crippen LogP contribution in [0.4, 0.5) is 5.69 Å². The first kappa shape index (κ1) is 17.1. The van der Waals surface area contributed by atoms with Gasteiger partial charge in [0.05, 0.1) is 19.9 Å². The molecule has 1 aromatic carbocycles. The molecule has 1 saturated heterocycles. The van der Waals surface area contributed by atoms with Crippen LogP contribution in [0, 0.1) is 0 Å². The van der Waals surface area contributed by atoms with Gasteiger partial charge in [-0.1, -0.05) is 0 Å². The van der Waals surface area contributed by atoms with E-state index in [9.17, 15) is 9.59 Å². The summed E-state index contributed by atoms with van der Waals surface area (Å²) in [6.07, 6.45) is 0. The number of nitrogens with zero attached hydrogens (tertiary/aromatic N) is 1. The van der Waals surface area contributed by atoms with E-state index in [0.29, 0.717) is 29.3 Å². The number of methoxy groups -OCH3 is 2. The first-order valence-electron chi connectivity index (χ1n) is 7.53. The van der Waals surface area contributed by atoms with Crippen LogP contribution < -0.4 is 20.1 Å².